The van der Waals surface area contributed by atoms with Crippen LogP contribution in [0.15, 0.2) is 48.8 Å². The Bertz CT molecular complexity index is 2200. The van der Waals surface area contributed by atoms with Gasteiger partial charge < -0.3 is 14.5 Å². The van der Waals surface area contributed by atoms with E-state index >= 15 is 0 Å². The predicted octanol–water partition coefficient (Wildman–Crippen LogP) is 7.05. The average Bonchev–Trinajstić information content (AvgIpc) is 3.52. The van der Waals surface area contributed by atoms with Crippen LogP contribution in [0, 0.1) is 26.2 Å². The summed E-state index contributed by atoms with van der Waals surface area (Å²) in [6, 6.07) is 7.14. The molecule has 288 valence electrons. The lowest BCUT2D eigenvalue weighted by Gasteiger charge is -2.28. The van der Waals surface area contributed by atoms with Crippen LogP contribution in [0.5, 0.6) is 0 Å². The topological polar surface area (TPSA) is 140 Å². The number of amides is 2. The Labute approximate surface area is 322 Å². The number of aryl methyl sites for hydroxylation is 3. The third kappa shape index (κ3) is 7.95. The van der Waals surface area contributed by atoms with E-state index in [1.807, 2.05) is 70.7 Å². The molecule has 1 saturated carbocycles. The lowest BCUT2D eigenvalue weighted by molar-refractivity contribution is -0.139. The summed E-state index contributed by atoms with van der Waals surface area (Å²) in [6.45, 7) is 13.0. The van der Waals surface area contributed by atoms with Gasteiger partial charge in [-0.3, -0.25) is 24.0 Å². The molecule has 3 atom stereocenters. The fourth-order valence-electron chi connectivity index (χ4n) is 8.39. The Balaban J connectivity index is 1.34. The molecule has 3 aliphatic rings. The number of carbonyl (C=O) groups excluding carboxylic acids is 4. The van der Waals surface area contributed by atoms with Crippen molar-refractivity contribution in [2.75, 3.05) is 6.54 Å². The number of hydrogen-bond acceptors (Lipinski definition) is 9. The van der Waals surface area contributed by atoms with Gasteiger partial charge in [0.25, 0.3) is 0 Å². The Kier molecular flexibility index (Phi) is 10.2. The molecule has 1 saturated heterocycles. The van der Waals surface area contributed by atoms with Crippen LogP contribution < -0.4 is 0 Å². The first kappa shape index (κ1) is 38.0. The van der Waals surface area contributed by atoms with Gasteiger partial charge >= 0.3 is 6.09 Å². The van der Waals surface area contributed by atoms with Crippen LogP contribution in [-0.2, 0) is 33.8 Å². The monoisotopic (exact) mass is 745 g/mol. The van der Waals surface area contributed by atoms with Crippen molar-refractivity contribution in [2.24, 2.45) is 5.41 Å². The SMILES string of the molecule is CC(=O)c1nn2c3c(cc(-c4cnc(C)nc4)cc13)CN(C(=O)OC(C)(C)C)CCC=CCCC[C@@]13C[C@@H](C(=O)Cc4nc(C)ccc4C)N(C(=O)C2)[C@@H]1C3. The summed E-state index contributed by atoms with van der Waals surface area (Å²) in [5.74, 6) is 0.139. The number of ketones is 2. The number of pyridine rings is 1. The second kappa shape index (κ2) is 14.8. The zero-order chi connectivity index (χ0) is 39.2. The lowest BCUT2D eigenvalue weighted by atomic mass is 9.90. The highest BCUT2D eigenvalue weighted by Crippen LogP contribution is 2.62. The summed E-state index contributed by atoms with van der Waals surface area (Å²) >= 11 is 0. The van der Waals surface area contributed by atoms with Gasteiger partial charge in [-0.2, -0.15) is 5.10 Å². The summed E-state index contributed by atoms with van der Waals surface area (Å²) in [5, 5.41) is 5.35. The second-order valence-electron chi connectivity index (χ2n) is 16.6. The molecule has 7 rings (SSSR count). The summed E-state index contributed by atoms with van der Waals surface area (Å²) < 4.78 is 7.48. The number of rotatable bonds is 5. The molecule has 2 amide bonds. The standard InChI is InChI=1S/C43H51N7O5/c1-26-13-14-27(2)46-34(26)19-36(52)35-20-43-15-11-9-8-10-12-16-48(41(54)55-42(5,6)7)24-31-17-30(32-22-44-29(4)45-23-32)18-33-39(28(3)51)47-49(40(31)33)25-38(53)50(35)37(43)21-43/h8,10,13-14,17-18,22-23,35,37H,9,11-12,15-16,19-21,24-25H2,1-7H3/t35-,37+,43-/m0/s1. The van der Waals surface area contributed by atoms with Gasteiger partial charge in [0.15, 0.2) is 11.6 Å². The van der Waals surface area contributed by atoms with Gasteiger partial charge in [-0.25, -0.2) is 14.8 Å². The van der Waals surface area contributed by atoms with Crippen molar-refractivity contribution < 1.29 is 23.9 Å². The predicted molar refractivity (Wildman–Crippen MR) is 208 cm³/mol. The van der Waals surface area contributed by atoms with Crippen molar-refractivity contribution in [3.63, 3.8) is 0 Å². The van der Waals surface area contributed by atoms with Gasteiger partial charge in [0.2, 0.25) is 5.91 Å². The molecule has 1 aliphatic carbocycles. The smallest absolute Gasteiger partial charge is 0.410 e. The van der Waals surface area contributed by atoms with E-state index in [0.717, 1.165) is 53.8 Å². The lowest BCUT2D eigenvalue weighted by Crippen LogP contribution is -2.45. The molecule has 12 nitrogen and oxygen atoms in total. The zero-order valence-electron chi connectivity index (χ0n) is 33.0. The number of hydrogen-bond donors (Lipinski definition) is 0. The number of piperidine rings is 1. The molecule has 55 heavy (non-hydrogen) atoms. The maximum atomic E-state index is 14.7. The van der Waals surface area contributed by atoms with Gasteiger partial charge in [0.1, 0.15) is 23.7 Å². The summed E-state index contributed by atoms with van der Waals surface area (Å²) in [6.07, 6.45) is 12.3. The van der Waals surface area contributed by atoms with E-state index < -0.39 is 17.7 Å². The van der Waals surface area contributed by atoms with E-state index in [1.165, 1.54) is 6.92 Å². The van der Waals surface area contributed by atoms with Crippen molar-refractivity contribution in [3.8, 4) is 11.1 Å². The minimum Gasteiger partial charge on any atom is -0.444 e. The van der Waals surface area contributed by atoms with Gasteiger partial charge in [-0.05, 0) is 120 Å². The molecule has 12 heteroatoms. The normalized spacial score (nSPS) is 21.7. The van der Waals surface area contributed by atoms with Crippen LogP contribution >= 0.6 is 0 Å². The molecule has 2 aliphatic heterocycles. The van der Waals surface area contributed by atoms with Crippen molar-refractivity contribution in [3.05, 3.63) is 82.8 Å². The second-order valence-corrected chi connectivity index (χ2v) is 16.6. The highest BCUT2D eigenvalue weighted by Gasteiger charge is 2.66. The van der Waals surface area contributed by atoms with E-state index in [-0.39, 0.29) is 54.1 Å². The highest BCUT2D eigenvalue weighted by atomic mass is 16.6. The number of allylic oxidation sites excluding steroid dienone is 1. The maximum Gasteiger partial charge on any atom is 0.410 e. The Morgan fingerprint density at radius 3 is 2.44 bits per heavy atom. The van der Waals surface area contributed by atoms with E-state index in [0.29, 0.717) is 41.7 Å². The number of ether oxygens (including phenoxy) is 1. The van der Waals surface area contributed by atoms with E-state index in [1.54, 1.807) is 22.0 Å². The first-order chi connectivity index (χ1) is 26.1. The Morgan fingerprint density at radius 1 is 0.964 bits per heavy atom. The van der Waals surface area contributed by atoms with Gasteiger partial charge in [-0.15, -0.1) is 0 Å². The van der Waals surface area contributed by atoms with Crippen LogP contribution in [0.4, 0.5) is 4.79 Å². The molecule has 0 N–H and O–H groups in total. The fourth-order valence-corrected chi connectivity index (χ4v) is 8.39. The molecular formula is C43H51N7O5. The van der Waals surface area contributed by atoms with Crippen LogP contribution in [0.25, 0.3) is 22.0 Å². The summed E-state index contributed by atoms with van der Waals surface area (Å²) in [7, 11) is 0. The zero-order valence-corrected chi connectivity index (χ0v) is 33.0. The minimum atomic E-state index is -0.719. The van der Waals surface area contributed by atoms with Crippen LogP contribution in [0.2, 0.25) is 0 Å². The molecule has 0 unspecified atom stereocenters. The Morgan fingerprint density at radius 2 is 1.71 bits per heavy atom. The highest BCUT2D eigenvalue weighted by molar-refractivity contribution is 6.07. The van der Waals surface area contributed by atoms with Gasteiger partial charge in [-0.1, -0.05) is 18.2 Å². The molecule has 1 aromatic carbocycles. The van der Waals surface area contributed by atoms with E-state index in [9.17, 15) is 19.2 Å². The fraction of sp³-hybridized carbons (Fsp3) is 0.488. The molecule has 0 spiro atoms. The molecule has 0 radical (unpaired) electrons. The average molecular weight is 746 g/mol. The maximum absolute atomic E-state index is 14.7. The summed E-state index contributed by atoms with van der Waals surface area (Å²) in [4.78, 5) is 72.9. The molecule has 4 aromatic rings. The van der Waals surface area contributed by atoms with Crippen molar-refractivity contribution in [1.29, 1.82) is 0 Å². The first-order valence-electron chi connectivity index (χ1n) is 19.4. The third-order valence-corrected chi connectivity index (χ3v) is 11.2. The van der Waals surface area contributed by atoms with Gasteiger partial charge in [0, 0.05) is 48.5 Å². The van der Waals surface area contributed by atoms with Gasteiger partial charge in [0.05, 0.1) is 30.2 Å². The molecule has 2 bridgehead atoms. The minimum absolute atomic E-state index is 0.0103. The van der Waals surface area contributed by atoms with E-state index in [2.05, 4.69) is 27.1 Å². The van der Waals surface area contributed by atoms with Crippen molar-refractivity contribution >= 4 is 34.5 Å². The summed E-state index contributed by atoms with van der Waals surface area (Å²) in [5.41, 5.74) is 4.68. The number of carbonyl (C=O) groups is 4. The van der Waals surface area contributed by atoms with Crippen LogP contribution in [-0.4, -0.2) is 82.3 Å². The van der Waals surface area contributed by atoms with Crippen molar-refractivity contribution in [2.45, 2.75) is 124 Å². The van der Waals surface area contributed by atoms with Crippen LogP contribution in [0.1, 0.15) is 105 Å². The first-order valence-corrected chi connectivity index (χ1v) is 19.4. The van der Waals surface area contributed by atoms with E-state index in [4.69, 9.17) is 9.84 Å². The molecular weight excluding hydrogens is 695 g/mol. The third-order valence-electron chi connectivity index (χ3n) is 11.2. The Hall–Kier alpha value is -5.26. The number of nitrogens with zero attached hydrogens (tertiary/aromatic N) is 7. The van der Waals surface area contributed by atoms with Crippen LogP contribution in [0.3, 0.4) is 0 Å². The number of aromatic nitrogens is 5. The largest absolute Gasteiger partial charge is 0.444 e. The number of Topliss-reactive ketones (excluding diaryl/α,β-unsaturated/α-hetero) is 2. The number of benzene rings is 1. The molecule has 2 fully saturated rings. The quantitative estimate of drug-likeness (QED) is 0.155. The molecule has 3 aromatic heterocycles. The van der Waals surface area contributed by atoms with Crippen molar-refractivity contribution in [1.82, 2.24) is 34.5 Å². The molecule has 5 heterocycles.